The molecule has 2 aliphatic rings. The van der Waals surface area contributed by atoms with Gasteiger partial charge in [0, 0.05) is 26.1 Å². The predicted molar refractivity (Wildman–Crippen MR) is 86.9 cm³/mol. The lowest BCUT2D eigenvalue weighted by Gasteiger charge is -2.34. The maximum absolute atomic E-state index is 12.3. The maximum atomic E-state index is 12.3. The number of nitrogens with zero attached hydrogens (tertiary/aromatic N) is 2. The van der Waals surface area contributed by atoms with Gasteiger partial charge in [0.15, 0.2) is 0 Å². The second-order valence-electron chi connectivity index (χ2n) is 7.45. The highest BCUT2D eigenvalue weighted by Gasteiger charge is 2.50. The van der Waals surface area contributed by atoms with Gasteiger partial charge in [0.05, 0.1) is 6.04 Å². The maximum Gasteiger partial charge on any atom is 0.423 e. The first-order valence-electron chi connectivity index (χ1n) is 7.93. The van der Waals surface area contributed by atoms with Crippen molar-refractivity contribution in [2.24, 2.45) is 5.92 Å². The number of amides is 2. The highest BCUT2D eigenvalue weighted by atomic mass is 32.2. The molecule has 1 aliphatic heterocycles. The van der Waals surface area contributed by atoms with Crippen LogP contribution in [-0.4, -0.2) is 61.5 Å². The summed E-state index contributed by atoms with van der Waals surface area (Å²) >= 11 is 0. The first-order chi connectivity index (χ1) is 10.9. The van der Waals surface area contributed by atoms with E-state index >= 15 is 0 Å². The van der Waals surface area contributed by atoms with E-state index in [0.717, 1.165) is 4.41 Å². The van der Waals surface area contributed by atoms with Crippen molar-refractivity contribution in [1.29, 1.82) is 0 Å². The third-order valence-electron chi connectivity index (χ3n) is 4.07. The molecule has 0 spiro atoms. The molecule has 1 aliphatic carbocycles. The van der Waals surface area contributed by atoms with E-state index < -0.39 is 27.9 Å². The summed E-state index contributed by atoms with van der Waals surface area (Å²) < 4.78 is 33.1. The number of hydrogen-bond acceptors (Lipinski definition) is 5. The second kappa shape index (κ2) is 6.49. The van der Waals surface area contributed by atoms with Crippen LogP contribution in [0.25, 0.3) is 0 Å². The minimum atomic E-state index is -3.84. The monoisotopic (exact) mass is 362 g/mol. The van der Waals surface area contributed by atoms with E-state index in [1.165, 1.54) is 4.90 Å². The molecule has 2 amide bonds. The Kier molecular flexibility index (Phi) is 5.12. The molecular weight excluding hydrogens is 336 g/mol. The summed E-state index contributed by atoms with van der Waals surface area (Å²) in [6, 6.07) is -0.832. The summed E-state index contributed by atoms with van der Waals surface area (Å²) in [5.74, 6) is -0.297. The van der Waals surface area contributed by atoms with E-state index in [4.69, 9.17) is 4.74 Å². The van der Waals surface area contributed by atoms with Crippen LogP contribution in [0.5, 0.6) is 0 Å². The highest BCUT2D eigenvalue weighted by molar-refractivity contribution is 7.87. The van der Waals surface area contributed by atoms with Crippen molar-refractivity contribution in [1.82, 2.24) is 19.5 Å². The standard InChI is InChI=1S/C14H26N4O5S/c1-14(2,3)23-13(20)15-18-11-8-9(12(19)17(4)5)6-7-10(11)16-24(18,21)22/h9-11,16H,6-8H2,1-5H3,(H,15,20)/t9-,10-,11+/m0/s1. The quantitative estimate of drug-likeness (QED) is 0.730. The summed E-state index contributed by atoms with van der Waals surface area (Å²) in [6.45, 7) is 5.08. The van der Waals surface area contributed by atoms with Crippen molar-refractivity contribution in [3.63, 3.8) is 0 Å². The number of ether oxygens (including phenoxy) is 1. The first kappa shape index (κ1) is 18.9. The SMILES string of the molecule is CN(C)C(=O)[C@H]1CC[C@@H]2NS(=O)(=O)N(NC(=O)OC(C)(C)C)[C@@H]2C1. The summed E-state index contributed by atoms with van der Waals surface area (Å²) in [4.78, 5) is 25.7. The zero-order chi connectivity index (χ0) is 18.3. The van der Waals surface area contributed by atoms with E-state index in [0.29, 0.717) is 19.3 Å². The number of hydrazine groups is 1. The van der Waals surface area contributed by atoms with Crippen LogP contribution in [0.3, 0.4) is 0 Å². The molecule has 0 aromatic heterocycles. The Balaban J connectivity index is 2.14. The van der Waals surface area contributed by atoms with Crippen molar-refractivity contribution in [3.05, 3.63) is 0 Å². The Labute approximate surface area is 142 Å². The van der Waals surface area contributed by atoms with Crippen molar-refractivity contribution >= 4 is 22.2 Å². The van der Waals surface area contributed by atoms with Crippen molar-refractivity contribution in [3.8, 4) is 0 Å². The van der Waals surface area contributed by atoms with Crippen LogP contribution in [0.1, 0.15) is 40.0 Å². The van der Waals surface area contributed by atoms with Gasteiger partial charge in [-0.25, -0.2) is 10.2 Å². The lowest BCUT2D eigenvalue weighted by Crippen LogP contribution is -2.52. The van der Waals surface area contributed by atoms with Crippen molar-refractivity contribution < 1.29 is 22.7 Å². The molecule has 138 valence electrons. The number of nitrogens with one attached hydrogen (secondary N) is 2. The van der Waals surface area contributed by atoms with E-state index in [1.54, 1.807) is 34.9 Å². The van der Waals surface area contributed by atoms with Crippen LogP contribution >= 0.6 is 0 Å². The number of fused-ring (bicyclic) bond motifs is 1. The molecule has 0 aromatic rings. The van der Waals surface area contributed by atoms with Crippen LogP contribution in [-0.2, 0) is 19.7 Å². The number of carbonyl (C=O) groups is 2. The lowest BCUT2D eigenvalue weighted by molar-refractivity contribution is -0.134. The Bertz CT molecular complexity index is 613. The van der Waals surface area contributed by atoms with Gasteiger partial charge in [0.2, 0.25) is 5.91 Å². The molecule has 0 aromatic carbocycles. The van der Waals surface area contributed by atoms with E-state index in [2.05, 4.69) is 10.1 Å². The van der Waals surface area contributed by atoms with Gasteiger partial charge in [-0.2, -0.15) is 13.1 Å². The van der Waals surface area contributed by atoms with E-state index in [-0.39, 0.29) is 17.9 Å². The number of rotatable bonds is 2. The van der Waals surface area contributed by atoms with Crippen molar-refractivity contribution in [2.45, 2.75) is 57.7 Å². The Hall–Kier alpha value is -1.39. The second-order valence-corrected chi connectivity index (χ2v) is 9.03. The Morgan fingerprint density at radius 3 is 2.42 bits per heavy atom. The average molecular weight is 362 g/mol. The average Bonchev–Trinajstić information content (AvgIpc) is 2.66. The minimum absolute atomic E-state index is 0.0324. The molecule has 0 bridgehead atoms. The molecule has 2 fully saturated rings. The zero-order valence-corrected chi connectivity index (χ0v) is 15.5. The first-order valence-corrected chi connectivity index (χ1v) is 9.37. The molecule has 1 heterocycles. The summed E-state index contributed by atoms with van der Waals surface area (Å²) in [5.41, 5.74) is 1.57. The molecule has 1 saturated carbocycles. The summed E-state index contributed by atoms with van der Waals surface area (Å²) in [7, 11) is -0.492. The minimum Gasteiger partial charge on any atom is -0.443 e. The molecular formula is C14H26N4O5S. The van der Waals surface area contributed by atoms with Gasteiger partial charge in [0.1, 0.15) is 5.60 Å². The van der Waals surface area contributed by atoms with Gasteiger partial charge in [0.25, 0.3) is 10.2 Å². The molecule has 0 unspecified atom stereocenters. The molecule has 1 saturated heterocycles. The third kappa shape index (κ3) is 4.17. The molecule has 10 heteroatoms. The van der Waals surface area contributed by atoms with Gasteiger partial charge in [-0.1, -0.05) is 4.41 Å². The Morgan fingerprint density at radius 1 is 1.25 bits per heavy atom. The van der Waals surface area contributed by atoms with Crippen LogP contribution in [0.4, 0.5) is 4.79 Å². The predicted octanol–water partition coefficient (Wildman–Crippen LogP) is 0.202. The summed E-state index contributed by atoms with van der Waals surface area (Å²) in [6.07, 6.45) is 0.667. The molecule has 9 nitrogen and oxygen atoms in total. The topological polar surface area (TPSA) is 108 Å². The van der Waals surface area contributed by atoms with Gasteiger partial charge < -0.3 is 9.64 Å². The van der Waals surface area contributed by atoms with Crippen LogP contribution in [0.15, 0.2) is 0 Å². The van der Waals surface area contributed by atoms with Crippen molar-refractivity contribution in [2.75, 3.05) is 14.1 Å². The van der Waals surface area contributed by atoms with Crippen LogP contribution in [0.2, 0.25) is 0 Å². The smallest absolute Gasteiger partial charge is 0.423 e. The fraction of sp³-hybridized carbons (Fsp3) is 0.857. The molecule has 3 atom stereocenters. The van der Waals surface area contributed by atoms with Crippen LogP contribution in [0, 0.1) is 5.92 Å². The van der Waals surface area contributed by atoms with E-state index in [1.807, 2.05) is 0 Å². The number of hydrogen-bond donors (Lipinski definition) is 2. The van der Waals surface area contributed by atoms with Gasteiger partial charge in [-0.3, -0.25) is 4.79 Å². The molecule has 0 radical (unpaired) electrons. The fourth-order valence-electron chi connectivity index (χ4n) is 3.09. The van der Waals surface area contributed by atoms with Gasteiger partial charge in [-0.15, -0.1) is 0 Å². The molecule has 24 heavy (non-hydrogen) atoms. The third-order valence-corrected chi connectivity index (χ3v) is 5.55. The van der Waals surface area contributed by atoms with E-state index in [9.17, 15) is 18.0 Å². The Morgan fingerprint density at radius 2 is 1.88 bits per heavy atom. The zero-order valence-electron chi connectivity index (χ0n) is 14.7. The number of carbonyl (C=O) groups excluding carboxylic acids is 2. The lowest BCUT2D eigenvalue weighted by atomic mass is 9.82. The summed E-state index contributed by atoms with van der Waals surface area (Å²) in [5, 5.41) is 0. The highest BCUT2D eigenvalue weighted by Crippen LogP contribution is 2.33. The molecule has 2 rings (SSSR count). The van der Waals surface area contributed by atoms with Crippen LogP contribution < -0.4 is 10.1 Å². The fourth-order valence-corrected chi connectivity index (χ4v) is 4.65. The largest absolute Gasteiger partial charge is 0.443 e. The van der Waals surface area contributed by atoms with Gasteiger partial charge in [-0.05, 0) is 40.0 Å². The van der Waals surface area contributed by atoms with Gasteiger partial charge >= 0.3 is 6.09 Å². The molecule has 2 N–H and O–H groups in total. The normalized spacial score (nSPS) is 29.6.